The number of hydrogen-bond donors (Lipinski definition) is 4. The van der Waals surface area contributed by atoms with Gasteiger partial charge in [0.05, 0.1) is 6.54 Å². The van der Waals surface area contributed by atoms with E-state index in [0.717, 1.165) is 22.3 Å². The van der Waals surface area contributed by atoms with Gasteiger partial charge in [-0.25, -0.2) is 14.6 Å². The molecule has 3 aromatic rings. The molecule has 10 heteroatoms. The van der Waals surface area contributed by atoms with Crippen LogP contribution in [-0.4, -0.2) is 52.4 Å². The number of carbonyl (C=O) groups excluding carboxylic acids is 2. The molecule has 2 amide bonds. The molecular formula is C24H23N3O6S. The highest BCUT2D eigenvalue weighted by Crippen LogP contribution is 2.44. The minimum Gasteiger partial charge on any atom is -0.479 e. The van der Waals surface area contributed by atoms with E-state index in [0.29, 0.717) is 5.01 Å². The van der Waals surface area contributed by atoms with Crippen molar-refractivity contribution in [1.82, 2.24) is 15.6 Å². The van der Waals surface area contributed by atoms with Gasteiger partial charge in [-0.1, -0.05) is 48.5 Å². The Labute approximate surface area is 199 Å². The third kappa shape index (κ3) is 5.24. The highest BCUT2D eigenvalue weighted by atomic mass is 32.1. The molecule has 4 rings (SSSR count). The molecule has 1 unspecified atom stereocenters. The Kier molecular flexibility index (Phi) is 7.19. The van der Waals surface area contributed by atoms with E-state index in [1.165, 1.54) is 16.7 Å². The zero-order valence-electron chi connectivity index (χ0n) is 18.1. The van der Waals surface area contributed by atoms with Gasteiger partial charge in [0.2, 0.25) is 0 Å². The van der Waals surface area contributed by atoms with Gasteiger partial charge in [-0.3, -0.25) is 4.79 Å². The van der Waals surface area contributed by atoms with Crippen LogP contribution in [0.2, 0.25) is 0 Å². The number of alkyl carbamates (subject to hydrolysis) is 1. The lowest BCUT2D eigenvalue weighted by Crippen LogP contribution is -2.30. The number of nitrogens with one attached hydrogen (secondary N) is 2. The largest absolute Gasteiger partial charge is 0.479 e. The van der Waals surface area contributed by atoms with Gasteiger partial charge in [0, 0.05) is 24.3 Å². The maximum Gasteiger partial charge on any atom is 0.407 e. The van der Waals surface area contributed by atoms with Crippen molar-refractivity contribution in [3.8, 4) is 11.1 Å². The van der Waals surface area contributed by atoms with Crippen LogP contribution in [0, 0.1) is 0 Å². The number of fused-ring (bicyclic) bond motifs is 3. The summed E-state index contributed by atoms with van der Waals surface area (Å²) in [5.41, 5.74) is 4.71. The fraction of sp³-hybridized carbons (Fsp3) is 0.250. The standard InChI is InChI=1S/C24H23N3O6S/c28-20(23(30)31)9-10-25-22(29)19-13-34-21(27-19)11-26-24(32)33-12-18-16-7-3-1-5-14(16)15-6-2-4-8-17(15)18/h1-8,13,18,20,28H,9-12H2,(H,25,29)(H,26,32)(H,30,31). The first-order chi connectivity index (χ1) is 16.4. The fourth-order valence-corrected chi connectivity index (χ4v) is 4.54. The van der Waals surface area contributed by atoms with E-state index in [4.69, 9.17) is 9.84 Å². The van der Waals surface area contributed by atoms with Gasteiger partial charge in [-0.15, -0.1) is 11.3 Å². The van der Waals surface area contributed by atoms with Crippen LogP contribution in [-0.2, 0) is 16.1 Å². The highest BCUT2D eigenvalue weighted by molar-refractivity contribution is 7.09. The third-order valence-electron chi connectivity index (χ3n) is 5.50. The predicted molar refractivity (Wildman–Crippen MR) is 125 cm³/mol. The van der Waals surface area contributed by atoms with Crippen LogP contribution in [0.5, 0.6) is 0 Å². The van der Waals surface area contributed by atoms with Crippen molar-refractivity contribution < 1.29 is 29.3 Å². The maximum atomic E-state index is 12.3. The maximum absolute atomic E-state index is 12.3. The lowest BCUT2D eigenvalue weighted by atomic mass is 9.98. The Hall–Kier alpha value is -3.76. The van der Waals surface area contributed by atoms with Crippen molar-refractivity contribution in [2.24, 2.45) is 0 Å². The van der Waals surface area contributed by atoms with Crippen LogP contribution in [0.1, 0.15) is 39.0 Å². The zero-order chi connectivity index (χ0) is 24.1. The van der Waals surface area contributed by atoms with Crippen molar-refractivity contribution in [2.75, 3.05) is 13.2 Å². The van der Waals surface area contributed by atoms with Crippen molar-refractivity contribution in [3.63, 3.8) is 0 Å². The number of aliphatic carboxylic acids is 1. The minimum atomic E-state index is -1.53. The Bertz CT molecular complexity index is 1170. The summed E-state index contributed by atoms with van der Waals surface area (Å²) >= 11 is 1.20. The molecule has 0 spiro atoms. The number of aromatic nitrogens is 1. The second-order valence-corrected chi connectivity index (χ2v) is 8.65. The summed E-state index contributed by atoms with van der Waals surface area (Å²) in [5, 5.41) is 25.1. The van der Waals surface area contributed by atoms with Crippen LogP contribution in [0.15, 0.2) is 53.9 Å². The molecule has 0 fully saturated rings. The van der Waals surface area contributed by atoms with Crippen molar-refractivity contribution in [2.45, 2.75) is 25.0 Å². The molecule has 1 aliphatic rings. The van der Waals surface area contributed by atoms with Crippen LogP contribution in [0.4, 0.5) is 4.79 Å². The summed E-state index contributed by atoms with van der Waals surface area (Å²) in [5.74, 6) is -1.86. The Balaban J connectivity index is 1.26. The number of hydrogen-bond acceptors (Lipinski definition) is 7. The van der Waals surface area contributed by atoms with Gasteiger partial charge in [-0.2, -0.15) is 0 Å². The van der Waals surface area contributed by atoms with Crippen LogP contribution >= 0.6 is 11.3 Å². The molecule has 2 aromatic carbocycles. The summed E-state index contributed by atoms with van der Waals surface area (Å²) in [4.78, 5) is 39.1. The summed E-state index contributed by atoms with van der Waals surface area (Å²) in [6, 6.07) is 16.2. The molecule has 4 N–H and O–H groups in total. The van der Waals surface area contributed by atoms with Crippen LogP contribution < -0.4 is 10.6 Å². The lowest BCUT2D eigenvalue weighted by Gasteiger charge is -2.14. The van der Waals surface area contributed by atoms with Gasteiger partial charge in [0.1, 0.15) is 17.3 Å². The predicted octanol–water partition coefficient (Wildman–Crippen LogP) is 2.75. The second kappa shape index (κ2) is 10.4. The summed E-state index contributed by atoms with van der Waals surface area (Å²) in [6.45, 7) is 0.303. The molecule has 1 aromatic heterocycles. The molecule has 34 heavy (non-hydrogen) atoms. The summed E-state index contributed by atoms with van der Waals surface area (Å²) < 4.78 is 5.49. The number of amides is 2. The number of carboxylic acid groups (broad SMARTS) is 1. The van der Waals surface area contributed by atoms with Crippen molar-refractivity contribution in [3.05, 3.63) is 75.7 Å². The average Bonchev–Trinajstić information content (AvgIpc) is 3.44. The number of rotatable bonds is 9. The zero-order valence-corrected chi connectivity index (χ0v) is 18.9. The molecule has 0 saturated carbocycles. The van der Waals surface area contributed by atoms with Gasteiger partial charge in [-0.05, 0) is 22.3 Å². The van der Waals surface area contributed by atoms with E-state index in [1.807, 2.05) is 36.4 Å². The first kappa shape index (κ1) is 23.4. The van der Waals surface area contributed by atoms with Crippen molar-refractivity contribution in [1.29, 1.82) is 0 Å². The fourth-order valence-electron chi connectivity index (χ4n) is 3.83. The van der Waals surface area contributed by atoms with E-state index in [1.54, 1.807) is 0 Å². The van der Waals surface area contributed by atoms with Gasteiger partial charge < -0.3 is 25.6 Å². The van der Waals surface area contributed by atoms with E-state index in [2.05, 4.69) is 27.8 Å². The van der Waals surface area contributed by atoms with Crippen LogP contribution in [0.3, 0.4) is 0 Å². The first-order valence-corrected chi connectivity index (χ1v) is 11.5. The number of aliphatic hydroxyl groups is 1. The molecule has 0 radical (unpaired) electrons. The summed E-state index contributed by atoms with van der Waals surface area (Å²) in [7, 11) is 0. The summed E-state index contributed by atoms with van der Waals surface area (Å²) in [6.07, 6.45) is -2.22. The number of carboxylic acids is 1. The van der Waals surface area contributed by atoms with Crippen molar-refractivity contribution >= 4 is 29.3 Å². The Morgan fingerprint density at radius 3 is 2.32 bits per heavy atom. The molecule has 1 aliphatic carbocycles. The first-order valence-electron chi connectivity index (χ1n) is 10.7. The van der Waals surface area contributed by atoms with Crippen LogP contribution in [0.25, 0.3) is 11.1 Å². The average molecular weight is 482 g/mol. The third-order valence-corrected chi connectivity index (χ3v) is 6.35. The molecular weight excluding hydrogens is 458 g/mol. The molecule has 0 aliphatic heterocycles. The van der Waals surface area contributed by atoms with E-state index in [9.17, 15) is 19.5 Å². The van der Waals surface area contributed by atoms with Gasteiger partial charge in [0.15, 0.2) is 6.10 Å². The lowest BCUT2D eigenvalue weighted by molar-refractivity contribution is -0.146. The molecule has 0 bridgehead atoms. The van der Waals surface area contributed by atoms with E-state index >= 15 is 0 Å². The highest BCUT2D eigenvalue weighted by Gasteiger charge is 2.29. The minimum absolute atomic E-state index is 0.00282. The number of carbonyl (C=O) groups is 3. The molecule has 9 nitrogen and oxygen atoms in total. The quantitative estimate of drug-likeness (QED) is 0.369. The van der Waals surface area contributed by atoms with E-state index < -0.39 is 24.1 Å². The smallest absolute Gasteiger partial charge is 0.407 e. The van der Waals surface area contributed by atoms with Gasteiger partial charge >= 0.3 is 12.1 Å². The second-order valence-electron chi connectivity index (χ2n) is 7.70. The molecule has 1 atom stereocenters. The normalized spacial score (nSPS) is 13.0. The number of aliphatic hydroxyl groups excluding tert-OH is 1. The molecule has 1 heterocycles. The number of benzene rings is 2. The molecule has 176 valence electrons. The number of nitrogens with zero attached hydrogens (tertiary/aromatic N) is 1. The number of ether oxygens (including phenoxy) is 1. The Morgan fingerprint density at radius 2 is 1.68 bits per heavy atom. The number of thiazole rings is 1. The topological polar surface area (TPSA) is 138 Å². The molecule has 0 saturated heterocycles. The monoisotopic (exact) mass is 481 g/mol. The Morgan fingerprint density at radius 1 is 1.03 bits per heavy atom. The van der Waals surface area contributed by atoms with E-state index in [-0.39, 0.29) is 37.7 Å². The SMILES string of the molecule is O=C(NCc1nc(C(=O)NCCC(O)C(=O)O)cs1)OCC1c2ccccc2-c2ccccc21. The van der Waals surface area contributed by atoms with Gasteiger partial charge in [0.25, 0.3) is 5.91 Å².